The van der Waals surface area contributed by atoms with Gasteiger partial charge in [-0.3, -0.25) is 4.79 Å². The van der Waals surface area contributed by atoms with Crippen molar-refractivity contribution >= 4 is 23.3 Å². The number of amides is 3. The lowest BCUT2D eigenvalue weighted by Gasteiger charge is -2.12. The highest BCUT2D eigenvalue weighted by Gasteiger charge is 2.10. The average molecular weight is 297 g/mol. The summed E-state index contributed by atoms with van der Waals surface area (Å²) in [6, 6.07) is 13.9. The topological polar surface area (TPSA) is 84.2 Å². The summed E-state index contributed by atoms with van der Waals surface area (Å²) in [4.78, 5) is 23.4. The molecule has 0 spiro atoms. The minimum atomic E-state index is -0.519. The van der Waals surface area contributed by atoms with Gasteiger partial charge in [-0.05, 0) is 41.8 Å². The van der Waals surface area contributed by atoms with Crippen molar-refractivity contribution in [1.29, 1.82) is 0 Å². The van der Waals surface area contributed by atoms with Crippen LogP contribution in [0, 0.1) is 0 Å². The molecule has 0 saturated carbocycles. The number of carbonyl (C=O) groups is 2. The first-order valence-electron chi connectivity index (χ1n) is 7.03. The Morgan fingerprint density at radius 1 is 0.955 bits per heavy atom. The summed E-state index contributed by atoms with van der Waals surface area (Å²) in [5, 5.41) is 5.44. The number of rotatable bonds is 4. The van der Waals surface area contributed by atoms with Gasteiger partial charge in [0, 0.05) is 16.9 Å². The fourth-order valence-electron chi connectivity index (χ4n) is 2.01. The first-order chi connectivity index (χ1) is 10.5. The molecule has 0 atom stereocenters. The van der Waals surface area contributed by atoms with E-state index in [9.17, 15) is 9.59 Å². The van der Waals surface area contributed by atoms with Gasteiger partial charge in [0.1, 0.15) is 0 Å². The van der Waals surface area contributed by atoms with Crippen molar-refractivity contribution in [3.63, 3.8) is 0 Å². The fourth-order valence-corrected chi connectivity index (χ4v) is 2.01. The number of anilines is 2. The Balaban J connectivity index is 2.17. The zero-order valence-electron chi connectivity index (χ0n) is 12.6. The number of urea groups is 1. The van der Waals surface area contributed by atoms with Crippen LogP contribution < -0.4 is 16.4 Å². The smallest absolute Gasteiger partial charge is 0.323 e. The van der Waals surface area contributed by atoms with Gasteiger partial charge >= 0.3 is 6.03 Å². The van der Waals surface area contributed by atoms with Gasteiger partial charge in [0.15, 0.2) is 0 Å². The number of benzene rings is 2. The second kappa shape index (κ2) is 6.76. The van der Waals surface area contributed by atoms with E-state index in [-0.39, 0.29) is 11.9 Å². The van der Waals surface area contributed by atoms with Gasteiger partial charge in [0.2, 0.25) is 5.91 Å². The molecule has 0 radical (unpaired) electrons. The number of nitrogens with one attached hydrogen (secondary N) is 2. The van der Waals surface area contributed by atoms with E-state index in [0.29, 0.717) is 16.9 Å². The maximum absolute atomic E-state index is 12.0. The molecule has 0 aliphatic carbocycles. The van der Waals surface area contributed by atoms with Gasteiger partial charge in [0.05, 0.1) is 0 Å². The highest BCUT2D eigenvalue weighted by Crippen LogP contribution is 2.21. The summed E-state index contributed by atoms with van der Waals surface area (Å²) in [6.45, 7) is 4.02. The Bertz CT molecular complexity index is 682. The molecule has 0 aromatic heterocycles. The van der Waals surface area contributed by atoms with Crippen LogP contribution in [-0.2, 0) is 0 Å². The predicted octanol–water partition coefficient (Wildman–Crippen LogP) is 3.55. The quantitative estimate of drug-likeness (QED) is 0.806. The third-order valence-corrected chi connectivity index (χ3v) is 3.20. The third kappa shape index (κ3) is 4.09. The van der Waals surface area contributed by atoms with E-state index in [1.54, 1.807) is 24.3 Å². The number of nitrogens with two attached hydrogens (primary N) is 1. The van der Waals surface area contributed by atoms with Crippen molar-refractivity contribution in [1.82, 2.24) is 0 Å². The van der Waals surface area contributed by atoms with Gasteiger partial charge in [-0.15, -0.1) is 0 Å². The van der Waals surface area contributed by atoms with Crippen LogP contribution in [-0.4, -0.2) is 11.9 Å². The molecule has 2 aromatic carbocycles. The van der Waals surface area contributed by atoms with Crippen LogP contribution in [0.4, 0.5) is 16.2 Å². The largest absolute Gasteiger partial charge is 0.366 e. The summed E-state index contributed by atoms with van der Waals surface area (Å²) in [5.41, 5.74) is 7.88. The summed E-state index contributed by atoms with van der Waals surface area (Å²) < 4.78 is 0. The lowest BCUT2D eigenvalue weighted by molar-refractivity contribution is 0.1000. The molecular weight excluding hydrogens is 278 g/mol. The third-order valence-electron chi connectivity index (χ3n) is 3.20. The zero-order chi connectivity index (χ0) is 16.1. The van der Waals surface area contributed by atoms with E-state index in [2.05, 4.69) is 10.6 Å². The van der Waals surface area contributed by atoms with Crippen LogP contribution in [0.2, 0.25) is 0 Å². The van der Waals surface area contributed by atoms with Crippen molar-refractivity contribution < 1.29 is 9.59 Å². The van der Waals surface area contributed by atoms with E-state index in [0.717, 1.165) is 5.56 Å². The molecule has 0 aliphatic heterocycles. The molecule has 0 heterocycles. The molecule has 0 saturated heterocycles. The van der Waals surface area contributed by atoms with Crippen molar-refractivity contribution in [2.24, 2.45) is 5.73 Å². The normalized spacial score (nSPS) is 10.3. The summed E-state index contributed by atoms with van der Waals surface area (Å²) in [5.74, 6) is -0.300. The number of hydrogen-bond donors (Lipinski definition) is 3. The SMILES string of the molecule is CC(C)c1cc(NC(=O)Nc2ccccc2)cc(C(N)=O)c1. The second-order valence-electron chi connectivity index (χ2n) is 5.31. The number of para-hydroxylation sites is 1. The van der Waals surface area contributed by atoms with Crippen LogP contribution in [0.1, 0.15) is 35.7 Å². The minimum Gasteiger partial charge on any atom is -0.366 e. The van der Waals surface area contributed by atoms with Crippen molar-refractivity contribution in [3.05, 3.63) is 59.7 Å². The maximum Gasteiger partial charge on any atom is 0.323 e. The molecule has 5 heteroatoms. The Morgan fingerprint density at radius 2 is 1.59 bits per heavy atom. The molecule has 22 heavy (non-hydrogen) atoms. The summed E-state index contributed by atoms with van der Waals surface area (Å²) in [6.07, 6.45) is 0. The predicted molar refractivity (Wildman–Crippen MR) is 88.1 cm³/mol. The Labute approximate surface area is 129 Å². The number of carbonyl (C=O) groups excluding carboxylic acids is 2. The molecule has 4 N–H and O–H groups in total. The molecule has 0 aliphatic rings. The van der Waals surface area contributed by atoms with Gasteiger partial charge in [-0.2, -0.15) is 0 Å². The van der Waals surface area contributed by atoms with E-state index in [1.807, 2.05) is 38.1 Å². The molecule has 114 valence electrons. The van der Waals surface area contributed by atoms with Crippen LogP contribution in [0.3, 0.4) is 0 Å². The van der Waals surface area contributed by atoms with Crippen LogP contribution in [0.15, 0.2) is 48.5 Å². The molecule has 0 unspecified atom stereocenters. The van der Waals surface area contributed by atoms with Gasteiger partial charge in [-0.25, -0.2) is 4.79 Å². The average Bonchev–Trinajstić information content (AvgIpc) is 2.47. The van der Waals surface area contributed by atoms with E-state index < -0.39 is 5.91 Å². The summed E-state index contributed by atoms with van der Waals surface area (Å²) in [7, 11) is 0. The minimum absolute atomic E-state index is 0.219. The zero-order valence-corrected chi connectivity index (χ0v) is 12.6. The van der Waals surface area contributed by atoms with Crippen LogP contribution >= 0.6 is 0 Å². The summed E-state index contributed by atoms with van der Waals surface area (Å²) >= 11 is 0. The first kappa shape index (κ1) is 15.6. The molecule has 2 aromatic rings. The first-order valence-corrected chi connectivity index (χ1v) is 7.03. The Kier molecular flexibility index (Phi) is 4.78. The van der Waals surface area contributed by atoms with E-state index in [1.165, 1.54) is 0 Å². The molecular formula is C17H19N3O2. The van der Waals surface area contributed by atoms with E-state index in [4.69, 9.17) is 5.73 Å². The number of hydrogen-bond acceptors (Lipinski definition) is 2. The van der Waals surface area contributed by atoms with Crippen molar-refractivity contribution in [2.45, 2.75) is 19.8 Å². The Hall–Kier alpha value is -2.82. The van der Waals surface area contributed by atoms with Crippen LogP contribution in [0.5, 0.6) is 0 Å². The van der Waals surface area contributed by atoms with Gasteiger partial charge in [0.25, 0.3) is 0 Å². The maximum atomic E-state index is 12.0. The molecule has 3 amide bonds. The molecule has 5 nitrogen and oxygen atoms in total. The van der Waals surface area contributed by atoms with Crippen LogP contribution in [0.25, 0.3) is 0 Å². The molecule has 2 rings (SSSR count). The molecule has 0 fully saturated rings. The lowest BCUT2D eigenvalue weighted by atomic mass is 9.99. The van der Waals surface area contributed by atoms with E-state index >= 15 is 0 Å². The van der Waals surface area contributed by atoms with Crippen molar-refractivity contribution in [3.8, 4) is 0 Å². The highest BCUT2D eigenvalue weighted by molar-refractivity contribution is 6.01. The van der Waals surface area contributed by atoms with Crippen molar-refractivity contribution in [2.75, 3.05) is 10.6 Å². The number of primary amides is 1. The second-order valence-corrected chi connectivity index (χ2v) is 5.31. The standard InChI is InChI=1S/C17H19N3O2/c1-11(2)12-8-13(16(18)21)10-15(9-12)20-17(22)19-14-6-4-3-5-7-14/h3-11H,1-2H3,(H2,18,21)(H2,19,20,22). The monoisotopic (exact) mass is 297 g/mol. The fraction of sp³-hybridized carbons (Fsp3) is 0.176. The molecule has 0 bridgehead atoms. The lowest BCUT2D eigenvalue weighted by Crippen LogP contribution is -2.20. The van der Waals surface area contributed by atoms with Gasteiger partial charge < -0.3 is 16.4 Å². The highest BCUT2D eigenvalue weighted by atomic mass is 16.2. The Morgan fingerprint density at radius 3 is 2.18 bits per heavy atom. The van der Waals surface area contributed by atoms with Gasteiger partial charge in [-0.1, -0.05) is 32.0 Å².